The zero-order chi connectivity index (χ0) is 10.8. The van der Waals surface area contributed by atoms with Crippen LogP contribution in [0.3, 0.4) is 0 Å². The third-order valence-electron chi connectivity index (χ3n) is 5.12. The highest BCUT2D eigenvalue weighted by Crippen LogP contribution is 2.51. The predicted molar refractivity (Wildman–Crippen MR) is 72.0 cm³/mol. The highest BCUT2D eigenvalue weighted by Gasteiger charge is 2.47. The Morgan fingerprint density at radius 3 is 2.44 bits per heavy atom. The molecule has 2 heteroatoms. The maximum atomic E-state index is 4.00. The summed E-state index contributed by atoms with van der Waals surface area (Å²) in [5.74, 6) is 2.76. The lowest BCUT2D eigenvalue weighted by Gasteiger charge is -2.54. The SMILES string of the molecule is C1CCC2(CC1)CCC2NC1CCCSC1. The summed E-state index contributed by atoms with van der Waals surface area (Å²) in [6.45, 7) is 0. The summed E-state index contributed by atoms with van der Waals surface area (Å²) < 4.78 is 0. The quantitative estimate of drug-likeness (QED) is 0.790. The summed E-state index contributed by atoms with van der Waals surface area (Å²) in [5, 5.41) is 4.00. The number of hydrogen-bond donors (Lipinski definition) is 1. The molecule has 0 amide bonds. The molecule has 1 saturated heterocycles. The van der Waals surface area contributed by atoms with Crippen LogP contribution in [-0.4, -0.2) is 23.6 Å². The largest absolute Gasteiger partial charge is 0.310 e. The summed E-state index contributed by atoms with van der Waals surface area (Å²) in [4.78, 5) is 0. The standard InChI is InChI=1S/C14H25NS/c1-2-7-14(8-3-1)9-6-13(14)15-12-5-4-10-16-11-12/h12-13,15H,1-11H2. The molecule has 0 aromatic heterocycles. The molecule has 1 aliphatic heterocycles. The molecule has 0 aromatic carbocycles. The van der Waals surface area contributed by atoms with E-state index in [0.29, 0.717) is 0 Å². The monoisotopic (exact) mass is 239 g/mol. The van der Waals surface area contributed by atoms with Crippen molar-refractivity contribution < 1.29 is 0 Å². The first-order valence-corrected chi connectivity index (χ1v) is 8.38. The fourth-order valence-corrected chi connectivity index (χ4v) is 5.05. The molecule has 16 heavy (non-hydrogen) atoms. The maximum Gasteiger partial charge on any atom is 0.0161 e. The molecule has 92 valence electrons. The van der Waals surface area contributed by atoms with Crippen LogP contribution in [0, 0.1) is 5.41 Å². The molecule has 2 saturated carbocycles. The molecular formula is C14H25NS. The average molecular weight is 239 g/mol. The minimum atomic E-state index is 0.750. The van der Waals surface area contributed by atoms with Crippen LogP contribution in [0.25, 0.3) is 0 Å². The van der Waals surface area contributed by atoms with E-state index in [0.717, 1.165) is 17.5 Å². The van der Waals surface area contributed by atoms with Gasteiger partial charge >= 0.3 is 0 Å². The van der Waals surface area contributed by atoms with Gasteiger partial charge in [0.15, 0.2) is 0 Å². The minimum Gasteiger partial charge on any atom is -0.310 e. The Hall–Kier alpha value is 0.310. The lowest BCUT2D eigenvalue weighted by molar-refractivity contribution is 0.0172. The zero-order valence-corrected chi connectivity index (χ0v) is 11.2. The molecule has 3 rings (SSSR count). The van der Waals surface area contributed by atoms with Gasteiger partial charge in [0.1, 0.15) is 0 Å². The van der Waals surface area contributed by atoms with Crippen molar-refractivity contribution in [1.82, 2.24) is 5.32 Å². The van der Waals surface area contributed by atoms with Gasteiger partial charge in [-0.2, -0.15) is 11.8 Å². The highest BCUT2D eigenvalue weighted by molar-refractivity contribution is 7.99. The predicted octanol–water partition coefficient (Wildman–Crippen LogP) is 3.58. The molecule has 1 N–H and O–H groups in total. The molecule has 0 aromatic rings. The van der Waals surface area contributed by atoms with E-state index in [1.165, 1.54) is 69.3 Å². The Balaban J connectivity index is 1.54. The van der Waals surface area contributed by atoms with Crippen molar-refractivity contribution >= 4 is 11.8 Å². The van der Waals surface area contributed by atoms with Crippen LogP contribution in [0.5, 0.6) is 0 Å². The number of thioether (sulfide) groups is 1. The second-order valence-electron chi connectivity index (χ2n) is 6.10. The van der Waals surface area contributed by atoms with Gasteiger partial charge in [0.2, 0.25) is 0 Å². The minimum absolute atomic E-state index is 0.750. The van der Waals surface area contributed by atoms with Gasteiger partial charge in [-0.05, 0) is 49.7 Å². The van der Waals surface area contributed by atoms with Crippen molar-refractivity contribution in [3.63, 3.8) is 0 Å². The summed E-state index contributed by atoms with van der Waals surface area (Å²) in [7, 11) is 0. The van der Waals surface area contributed by atoms with Gasteiger partial charge in [0.25, 0.3) is 0 Å². The van der Waals surface area contributed by atoms with Crippen molar-refractivity contribution in [1.29, 1.82) is 0 Å². The lowest BCUT2D eigenvalue weighted by atomic mass is 9.57. The van der Waals surface area contributed by atoms with Crippen LogP contribution in [0.2, 0.25) is 0 Å². The van der Waals surface area contributed by atoms with Crippen molar-refractivity contribution in [2.24, 2.45) is 5.41 Å². The third-order valence-corrected chi connectivity index (χ3v) is 6.33. The van der Waals surface area contributed by atoms with Crippen LogP contribution in [0.1, 0.15) is 57.8 Å². The fraction of sp³-hybridized carbons (Fsp3) is 1.00. The van der Waals surface area contributed by atoms with E-state index in [4.69, 9.17) is 0 Å². The Labute approximate surface area is 104 Å². The highest BCUT2D eigenvalue weighted by atomic mass is 32.2. The van der Waals surface area contributed by atoms with Gasteiger partial charge in [0.05, 0.1) is 0 Å². The van der Waals surface area contributed by atoms with Gasteiger partial charge < -0.3 is 5.32 Å². The topological polar surface area (TPSA) is 12.0 Å². The molecule has 2 atom stereocenters. The summed E-state index contributed by atoms with van der Waals surface area (Å²) in [5.41, 5.74) is 0.750. The van der Waals surface area contributed by atoms with Gasteiger partial charge in [-0.3, -0.25) is 0 Å². The maximum absolute atomic E-state index is 4.00. The van der Waals surface area contributed by atoms with E-state index in [1.54, 1.807) is 0 Å². The first-order chi connectivity index (χ1) is 7.89. The molecule has 2 unspecified atom stereocenters. The van der Waals surface area contributed by atoms with Crippen LogP contribution >= 0.6 is 11.8 Å². The van der Waals surface area contributed by atoms with Crippen LogP contribution in [0.4, 0.5) is 0 Å². The van der Waals surface area contributed by atoms with Gasteiger partial charge in [-0.25, -0.2) is 0 Å². The molecule has 3 fully saturated rings. The van der Waals surface area contributed by atoms with Crippen LogP contribution in [0.15, 0.2) is 0 Å². The van der Waals surface area contributed by atoms with Gasteiger partial charge in [-0.15, -0.1) is 0 Å². The van der Waals surface area contributed by atoms with Crippen LogP contribution in [-0.2, 0) is 0 Å². The summed E-state index contributed by atoms with van der Waals surface area (Å²) in [6, 6.07) is 1.72. The molecule has 2 aliphatic carbocycles. The van der Waals surface area contributed by atoms with E-state index < -0.39 is 0 Å². The number of nitrogens with one attached hydrogen (secondary N) is 1. The fourth-order valence-electron chi connectivity index (χ4n) is 3.97. The zero-order valence-electron chi connectivity index (χ0n) is 10.3. The lowest BCUT2D eigenvalue weighted by Crippen LogP contribution is -2.57. The van der Waals surface area contributed by atoms with E-state index in [1.807, 2.05) is 0 Å². The first-order valence-electron chi connectivity index (χ1n) is 7.23. The molecule has 0 bridgehead atoms. The van der Waals surface area contributed by atoms with Crippen molar-refractivity contribution in [2.75, 3.05) is 11.5 Å². The first kappa shape index (κ1) is 11.4. The van der Waals surface area contributed by atoms with E-state index >= 15 is 0 Å². The molecule has 1 heterocycles. The number of rotatable bonds is 2. The molecule has 1 spiro atoms. The van der Waals surface area contributed by atoms with Gasteiger partial charge in [-0.1, -0.05) is 19.3 Å². The smallest absolute Gasteiger partial charge is 0.0161 e. The second kappa shape index (κ2) is 4.89. The molecule has 3 aliphatic rings. The average Bonchev–Trinajstić information content (AvgIpc) is 2.37. The molecule has 1 nitrogen and oxygen atoms in total. The number of hydrogen-bond acceptors (Lipinski definition) is 2. The van der Waals surface area contributed by atoms with Crippen molar-refractivity contribution in [3.8, 4) is 0 Å². The van der Waals surface area contributed by atoms with Crippen molar-refractivity contribution in [3.05, 3.63) is 0 Å². The van der Waals surface area contributed by atoms with E-state index in [9.17, 15) is 0 Å². The Bertz CT molecular complexity index is 229. The van der Waals surface area contributed by atoms with Crippen LogP contribution < -0.4 is 5.32 Å². The van der Waals surface area contributed by atoms with E-state index in [-0.39, 0.29) is 0 Å². The summed E-state index contributed by atoms with van der Waals surface area (Å²) >= 11 is 2.15. The Morgan fingerprint density at radius 1 is 0.938 bits per heavy atom. The second-order valence-corrected chi connectivity index (χ2v) is 7.24. The molecular weight excluding hydrogens is 214 g/mol. The molecule has 0 radical (unpaired) electrons. The van der Waals surface area contributed by atoms with Gasteiger partial charge in [0, 0.05) is 17.8 Å². The summed E-state index contributed by atoms with van der Waals surface area (Å²) in [6.07, 6.45) is 13.4. The Morgan fingerprint density at radius 2 is 1.81 bits per heavy atom. The third kappa shape index (κ3) is 2.15. The Kier molecular flexibility index (Phi) is 3.49. The van der Waals surface area contributed by atoms with Crippen molar-refractivity contribution in [2.45, 2.75) is 69.9 Å². The normalized spacial score (nSPS) is 38.2. The van der Waals surface area contributed by atoms with E-state index in [2.05, 4.69) is 17.1 Å².